The molecular formula is C24H26F3N5O5S. The van der Waals surface area contributed by atoms with Crippen molar-refractivity contribution in [3.05, 3.63) is 42.0 Å². The number of imidazole rings is 1. The fraction of sp³-hybridized carbons (Fsp3) is 0.375. The molecule has 0 unspecified atom stereocenters. The van der Waals surface area contributed by atoms with Gasteiger partial charge in [0.1, 0.15) is 5.75 Å². The van der Waals surface area contributed by atoms with Crippen LogP contribution >= 0.6 is 11.3 Å². The van der Waals surface area contributed by atoms with Gasteiger partial charge in [-0.2, -0.15) is 0 Å². The van der Waals surface area contributed by atoms with E-state index in [1.807, 2.05) is 4.57 Å². The summed E-state index contributed by atoms with van der Waals surface area (Å²) in [4.78, 5) is 21.7. The van der Waals surface area contributed by atoms with Crippen LogP contribution in [0.5, 0.6) is 5.75 Å². The van der Waals surface area contributed by atoms with Crippen LogP contribution in [0.1, 0.15) is 16.8 Å². The molecule has 0 atom stereocenters. The van der Waals surface area contributed by atoms with Gasteiger partial charge in [-0.05, 0) is 36.8 Å². The van der Waals surface area contributed by atoms with E-state index in [0.717, 1.165) is 16.9 Å². The van der Waals surface area contributed by atoms with Crippen LogP contribution in [0.4, 0.5) is 24.3 Å². The summed E-state index contributed by atoms with van der Waals surface area (Å²) in [6, 6.07) is 9.12. The lowest BCUT2D eigenvalue weighted by molar-refractivity contribution is -0.274. The zero-order valence-corrected chi connectivity index (χ0v) is 21.2. The fourth-order valence-corrected chi connectivity index (χ4v) is 4.56. The third-order valence-corrected chi connectivity index (χ3v) is 6.26. The van der Waals surface area contributed by atoms with Gasteiger partial charge in [0.05, 0.1) is 41.1 Å². The van der Waals surface area contributed by atoms with Crippen molar-refractivity contribution in [1.29, 1.82) is 0 Å². The Morgan fingerprint density at radius 3 is 2.71 bits per heavy atom. The summed E-state index contributed by atoms with van der Waals surface area (Å²) in [6.45, 7) is 1.93. The normalized spacial score (nSPS) is 11.8. The maximum atomic E-state index is 12.6. The smallest absolute Gasteiger partial charge is 0.406 e. The number of carbonyl (C=O) groups excluding carboxylic acids is 1. The first kappa shape index (κ1) is 27.6. The molecule has 10 nitrogen and oxygen atoms in total. The van der Waals surface area contributed by atoms with Gasteiger partial charge in [0.25, 0.3) is 5.91 Å². The number of hydrogen-bond donors (Lipinski definition) is 3. The SMILES string of the molecule is COCCn1c(Nc2nc3ccc(OC(F)(F)F)cc3s2)nc2cc(C(=O)NCCCOCCO)ccc21. The average molecular weight is 554 g/mol. The van der Waals surface area contributed by atoms with Crippen molar-refractivity contribution in [2.45, 2.75) is 19.3 Å². The highest BCUT2D eigenvalue weighted by Gasteiger charge is 2.31. The van der Waals surface area contributed by atoms with Gasteiger partial charge < -0.3 is 34.5 Å². The molecule has 3 N–H and O–H groups in total. The Labute approximate surface area is 219 Å². The molecule has 4 aromatic rings. The van der Waals surface area contributed by atoms with Crippen LogP contribution < -0.4 is 15.4 Å². The van der Waals surface area contributed by atoms with Gasteiger partial charge in [-0.1, -0.05) is 11.3 Å². The van der Waals surface area contributed by atoms with Gasteiger partial charge in [0.15, 0.2) is 5.13 Å². The van der Waals surface area contributed by atoms with E-state index in [1.54, 1.807) is 25.3 Å². The highest BCUT2D eigenvalue weighted by molar-refractivity contribution is 7.22. The number of thiazole rings is 1. The average Bonchev–Trinajstić information content (AvgIpc) is 3.43. The van der Waals surface area contributed by atoms with Gasteiger partial charge in [-0.3, -0.25) is 4.79 Å². The summed E-state index contributed by atoms with van der Waals surface area (Å²) in [5, 5.41) is 15.1. The van der Waals surface area contributed by atoms with E-state index in [1.165, 1.54) is 18.2 Å². The van der Waals surface area contributed by atoms with Crippen LogP contribution in [-0.4, -0.2) is 72.0 Å². The number of anilines is 2. The van der Waals surface area contributed by atoms with E-state index < -0.39 is 6.36 Å². The number of aromatic nitrogens is 3. The molecule has 0 saturated heterocycles. The van der Waals surface area contributed by atoms with Gasteiger partial charge in [0.2, 0.25) is 5.95 Å². The Kier molecular flexibility index (Phi) is 8.99. The Morgan fingerprint density at radius 2 is 1.95 bits per heavy atom. The van der Waals surface area contributed by atoms with Crippen LogP contribution in [0.15, 0.2) is 36.4 Å². The molecule has 204 valence electrons. The van der Waals surface area contributed by atoms with Crippen molar-refractivity contribution in [1.82, 2.24) is 19.9 Å². The number of ether oxygens (including phenoxy) is 3. The minimum absolute atomic E-state index is 0.0446. The first-order valence-corrected chi connectivity index (χ1v) is 12.5. The van der Waals surface area contributed by atoms with Gasteiger partial charge in [-0.15, -0.1) is 13.2 Å². The lowest BCUT2D eigenvalue weighted by Gasteiger charge is -2.09. The van der Waals surface area contributed by atoms with Crippen LogP contribution in [0.3, 0.4) is 0 Å². The number of aliphatic hydroxyl groups excluding tert-OH is 1. The predicted octanol–water partition coefficient (Wildman–Crippen LogP) is 4.06. The Bertz CT molecular complexity index is 1390. The van der Waals surface area contributed by atoms with Crippen LogP contribution in [0.2, 0.25) is 0 Å². The number of aliphatic hydroxyl groups is 1. The second kappa shape index (κ2) is 12.4. The molecule has 0 aliphatic rings. The first-order valence-electron chi connectivity index (χ1n) is 11.7. The topological polar surface area (TPSA) is 120 Å². The number of hydrogen-bond acceptors (Lipinski definition) is 9. The molecule has 38 heavy (non-hydrogen) atoms. The minimum Gasteiger partial charge on any atom is -0.406 e. The molecule has 0 bridgehead atoms. The molecule has 1 amide bonds. The number of methoxy groups -OCH3 is 1. The minimum atomic E-state index is -4.78. The van der Waals surface area contributed by atoms with E-state index in [2.05, 4.69) is 25.3 Å². The lowest BCUT2D eigenvalue weighted by atomic mass is 10.2. The zero-order valence-electron chi connectivity index (χ0n) is 20.4. The monoisotopic (exact) mass is 553 g/mol. The van der Waals surface area contributed by atoms with Crippen molar-refractivity contribution in [2.75, 3.05) is 45.4 Å². The molecule has 2 heterocycles. The maximum Gasteiger partial charge on any atom is 0.573 e. The molecule has 0 spiro atoms. The number of nitrogens with one attached hydrogen (secondary N) is 2. The van der Waals surface area contributed by atoms with E-state index in [9.17, 15) is 18.0 Å². The molecule has 2 aromatic carbocycles. The van der Waals surface area contributed by atoms with Crippen molar-refractivity contribution < 1.29 is 37.3 Å². The first-order chi connectivity index (χ1) is 18.3. The number of alkyl halides is 3. The summed E-state index contributed by atoms with van der Waals surface area (Å²) in [7, 11) is 1.58. The molecule has 0 aliphatic heterocycles. The fourth-order valence-electron chi connectivity index (χ4n) is 3.67. The second-order valence-electron chi connectivity index (χ2n) is 8.05. The summed E-state index contributed by atoms with van der Waals surface area (Å²) >= 11 is 1.16. The Morgan fingerprint density at radius 1 is 1.11 bits per heavy atom. The highest BCUT2D eigenvalue weighted by Crippen LogP contribution is 2.33. The molecular weight excluding hydrogens is 527 g/mol. The van der Waals surface area contributed by atoms with Crippen molar-refractivity contribution in [2.24, 2.45) is 0 Å². The lowest BCUT2D eigenvalue weighted by Crippen LogP contribution is -2.25. The molecule has 2 aromatic heterocycles. The van der Waals surface area contributed by atoms with Crippen LogP contribution in [0, 0.1) is 0 Å². The molecule has 14 heteroatoms. The Hall–Kier alpha value is -3.46. The number of nitrogens with zero attached hydrogens (tertiary/aromatic N) is 3. The quantitative estimate of drug-likeness (QED) is 0.212. The number of fused-ring (bicyclic) bond motifs is 2. The number of carbonyl (C=O) groups is 1. The van der Waals surface area contributed by atoms with E-state index >= 15 is 0 Å². The molecule has 4 rings (SSSR count). The molecule has 0 fully saturated rings. The molecule has 0 aliphatic carbocycles. The van der Waals surface area contributed by atoms with Crippen molar-refractivity contribution in [3.63, 3.8) is 0 Å². The molecule has 0 saturated carbocycles. The van der Waals surface area contributed by atoms with Crippen LogP contribution in [-0.2, 0) is 16.0 Å². The van der Waals surface area contributed by atoms with E-state index in [-0.39, 0.29) is 24.9 Å². The predicted molar refractivity (Wildman–Crippen MR) is 136 cm³/mol. The van der Waals surface area contributed by atoms with E-state index in [4.69, 9.17) is 14.6 Å². The van der Waals surface area contributed by atoms with Gasteiger partial charge >= 0.3 is 6.36 Å². The van der Waals surface area contributed by atoms with Crippen molar-refractivity contribution in [3.8, 4) is 5.75 Å². The summed E-state index contributed by atoms with van der Waals surface area (Å²) in [6.07, 6.45) is -4.17. The maximum absolute atomic E-state index is 12.6. The third kappa shape index (κ3) is 7.10. The number of amides is 1. The molecule has 0 radical (unpaired) electrons. The second-order valence-corrected chi connectivity index (χ2v) is 9.08. The van der Waals surface area contributed by atoms with Crippen LogP contribution in [0.25, 0.3) is 21.3 Å². The third-order valence-electron chi connectivity index (χ3n) is 5.33. The summed E-state index contributed by atoms with van der Waals surface area (Å²) in [5.74, 6) is -0.129. The zero-order chi connectivity index (χ0) is 27.1. The number of benzene rings is 2. The highest BCUT2D eigenvalue weighted by atomic mass is 32.1. The Balaban J connectivity index is 1.53. The van der Waals surface area contributed by atoms with Gasteiger partial charge in [0, 0.05) is 38.4 Å². The number of rotatable bonds is 13. The van der Waals surface area contributed by atoms with Gasteiger partial charge in [-0.25, -0.2) is 9.97 Å². The largest absolute Gasteiger partial charge is 0.573 e. The standard InChI is InChI=1S/C24H26F3N5O5S/c1-35-11-8-32-19-6-3-15(21(34)28-7-2-10-36-12-9-33)13-18(19)29-22(32)31-23-30-17-5-4-16(14-20(17)38-23)37-24(25,26)27/h3-6,13-14,33H,2,7-12H2,1H3,(H,28,34)(H,29,30,31). The van der Waals surface area contributed by atoms with E-state index in [0.29, 0.717) is 65.1 Å². The van der Waals surface area contributed by atoms with Crippen molar-refractivity contribution >= 4 is 49.6 Å². The summed E-state index contributed by atoms with van der Waals surface area (Å²) in [5.41, 5.74) is 2.28. The summed E-state index contributed by atoms with van der Waals surface area (Å²) < 4.78 is 54.5. The number of halogens is 3.